The van der Waals surface area contributed by atoms with E-state index in [1.165, 1.54) is 74.6 Å². The lowest BCUT2D eigenvalue weighted by Crippen LogP contribution is -2.36. The summed E-state index contributed by atoms with van der Waals surface area (Å²) in [5, 5.41) is 0. The summed E-state index contributed by atoms with van der Waals surface area (Å²) >= 11 is 1.75. The van der Waals surface area contributed by atoms with E-state index >= 15 is 0 Å². The van der Waals surface area contributed by atoms with Gasteiger partial charge in [-0.1, -0.05) is 25.7 Å². The molecule has 2 aliphatic rings. The zero-order chi connectivity index (χ0) is 13.9. The van der Waals surface area contributed by atoms with Gasteiger partial charge >= 0.3 is 0 Å². The molecule has 1 fully saturated rings. The van der Waals surface area contributed by atoms with E-state index in [1.807, 2.05) is 11.9 Å². The lowest BCUT2D eigenvalue weighted by molar-refractivity contribution is 0.0722. The van der Waals surface area contributed by atoms with E-state index in [-0.39, 0.29) is 5.91 Å². The second kappa shape index (κ2) is 6.30. The number of aryl methyl sites for hydroxylation is 2. The van der Waals surface area contributed by atoms with Gasteiger partial charge in [0.1, 0.15) is 0 Å². The Hall–Kier alpha value is -0.830. The number of rotatable bonds is 2. The molecule has 20 heavy (non-hydrogen) atoms. The third-order valence-electron chi connectivity index (χ3n) is 4.90. The Bertz CT molecular complexity index is 448. The smallest absolute Gasteiger partial charge is 0.263 e. The SMILES string of the molecule is CN(C(=O)c1cc2c(s1)CCCC2)C1CCCCCC1. The summed E-state index contributed by atoms with van der Waals surface area (Å²) in [6.07, 6.45) is 12.5. The van der Waals surface area contributed by atoms with E-state index in [2.05, 4.69) is 6.07 Å². The molecule has 110 valence electrons. The highest BCUT2D eigenvalue weighted by Crippen LogP contribution is 2.31. The molecule has 0 N–H and O–H groups in total. The molecular formula is C17H25NOS. The van der Waals surface area contributed by atoms with Crippen LogP contribution in [0.2, 0.25) is 0 Å². The molecule has 0 radical (unpaired) electrons. The van der Waals surface area contributed by atoms with Crippen LogP contribution in [0, 0.1) is 0 Å². The van der Waals surface area contributed by atoms with E-state index in [0.717, 1.165) is 4.88 Å². The lowest BCUT2D eigenvalue weighted by atomic mass is 9.99. The van der Waals surface area contributed by atoms with Crippen LogP contribution in [0.15, 0.2) is 6.07 Å². The average Bonchev–Trinajstić information content (AvgIpc) is 2.72. The molecule has 1 amide bonds. The predicted molar refractivity (Wildman–Crippen MR) is 84.5 cm³/mol. The predicted octanol–water partition coefficient (Wildman–Crippen LogP) is 4.42. The van der Waals surface area contributed by atoms with Crippen molar-refractivity contribution in [2.45, 2.75) is 70.3 Å². The molecule has 0 spiro atoms. The maximum atomic E-state index is 12.7. The first-order chi connectivity index (χ1) is 9.75. The third-order valence-corrected chi connectivity index (χ3v) is 6.13. The third kappa shape index (κ3) is 2.93. The van der Waals surface area contributed by atoms with E-state index in [9.17, 15) is 4.79 Å². The normalized spacial score (nSPS) is 20.2. The van der Waals surface area contributed by atoms with E-state index < -0.39 is 0 Å². The summed E-state index contributed by atoms with van der Waals surface area (Å²) in [7, 11) is 2.01. The van der Waals surface area contributed by atoms with Crippen LogP contribution < -0.4 is 0 Å². The van der Waals surface area contributed by atoms with E-state index in [4.69, 9.17) is 0 Å². The number of fused-ring (bicyclic) bond motifs is 1. The Morgan fingerprint density at radius 3 is 2.50 bits per heavy atom. The number of hydrogen-bond acceptors (Lipinski definition) is 2. The zero-order valence-electron chi connectivity index (χ0n) is 12.5. The minimum Gasteiger partial charge on any atom is -0.338 e. The van der Waals surface area contributed by atoms with Gasteiger partial charge in [0.15, 0.2) is 0 Å². The fourth-order valence-corrected chi connectivity index (χ4v) is 4.82. The standard InChI is InChI=1S/C17H25NOS/c1-18(14-9-4-2-3-5-10-14)17(19)16-12-13-8-6-7-11-15(13)20-16/h12,14H,2-11H2,1H3. The fraction of sp³-hybridized carbons (Fsp3) is 0.706. The molecule has 0 aliphatic heterocycles. The van der Waals surface area contributed by atoms with Crippen LogP contribution in [-0.4, -0.2) is 23.9 Å². The molecule has 1 aromatic rings. The molecule has 1 aromatic heterocycles. The van der Waals surface area contributed by atoms with Crippen LogP contribution in [0.5, 0.6) is 0 Å². The molecule has 0 aromatic carbocycles. The molecule has 2 nitrogen and oxygen atoms in total. The second-order valence-electron chi connectivity index (χ2n) is 6.33. The van der Waals surface area contributed by atoms with E-state index in [1.54, 1.807) is 11.3 Å². The van der Waals surface area contributed by atoms with Crippen molar-refractivity contribution in [3.63, 3.8) is 0 Å². The molecule has 0 atom stereocenters. The number of nitrogens with zero attached hydrogens (tertiary/aromatic N) is 1. The number of thiophene rings is 1. The number of hydrogen-bond donors (Lipinski definition) is 0. The van der Waals surface area contributed by atoms with Gasteiger partial charge in [-0.15, -0.1) is 11.3 Å². The highest BCUT2D eigenvalue weighted by atomic mass is 32.1. The summed E-state index contributed by atoms with van der Waals surface area (Å²) in [6.45, 7) is 0. The Balaban J connectivity index is 1.72. The summed E-state index contributed by atoms with van der Waals surface area (Å²) in [5.41, 5.74) is 1.44. The summed E-state index contributed by atoms with van der Waals surface area (Å²) in [4.78, 5) is 17.2. The quantitative estimate of drug-likeness (QED) is 0.739. The maximum Gasteiger partial charge on any atom is 0.263 e. The van der Waals surface area contributed by atoms with Crippen molar-refractivity contribution >= 4 is 17.2 Å². The highest BCUT2D eigenvalue weighted by Gasteiger charge is 2.25. The van der Waals surface area contributed by atoms with Gasteiger partial charge in [0.05, 0.1) is 4.88 Å². The molecule has 3 heteroatoms. The zero-order valence-corrected chi connectivity index (χ0v) is 13.3. The minimum atomic E-state index is 0.260. The molecular weight excluding hydrogens is 266 g/mol. The Morgan fingerprint density at radius 1 is 1.10 bits per heavy atom. The minimum absolute atomic E-state index is 0.260. The number of carbonyl (C=O) groups is 1. The summed E-state index contributed by atoms with van der Waals surface area (Å²) in [5.74, 6) is 0.260. The van der Waals surface area contributed by atoms with Crippen LogP contribution in [-0.2, 0) is 12.8 Å². The largest absolute Gasteiger partial charge is 0.338 e. The van der Waals surface area contributed by atoms with Crippen molar-refractivity contribution in [2.24, 2.45) is 0 Å². The first-order valence-electron chi connectivity index (χ1n) is 8.14. The van der Waals surface area contributed by atoms with Crippen LogP contribution in [0.25, 0.3) is 0 Å². The Labute approximate surface area is 126 Å². The van der Waals surface area contributed by atoms with Crippen molar-refractivity contribution < 1.29 is 4.79 Å². The van der Waals surface area contributed by atoms with E-state index in [0.29, 0.717) is 6.04 Å². The molecule has 0 unspecified atom stereocenters. The van der Waals surface area contributed by atoms with Crippen molar-refractivity contribution in [1.29, 1.82) is 0 Å². The van der Waals surface area contributed by atoms with Crippen molar-refractivity contribution in [3.8, 4) is 0 Å². The monoisotopic (exact) mass is 291 g/mol. The van der Waals surface area contributed by atoms with Crippen LogP contribution >= 0.6 is 11.3 Å². The number of carbonyl (C=O) groups excluding carboxylic acids is 1. The maximum absolute atomic E-state index is 12.7. The van der Waals surface area contributed by atoms with Gasteiger partial charge in [-0.25, -0.2) is 0 Å². The van der Waals surface area contributed by atoms with Crippen LogP contribution in [0.4, 0.5) is 0 Å². The van der Waals surface area contributed by atoms with Crippen LogP contribution in [0.3, 0.4) is 0 Å². The first-order valence-corrected chi connectivity index (χ1v) is 8.96. The van der Waals surface area contributed by atoms with Crippen molar-refractivity contribution in [3.05, 3.63) is 21.4 Å². The van der Waals surface area contributed by atoms with Gasteiger partial charge in [-0.2, -0.15) is 0 Å². The Morgan fingerprint density at radius 2 is 1.80 bits per heavy atom. The van der Waals surface area contributed by atoms with Gasteiger partial charge in [-0.3, -0.25) is 4.79 Å². The molecule has 1 saturated carbocycles. The van der Waals surface area contributed by atoms with Gasteiger partial charge in [0, 0.05) is 18.0 Å². The fourth-order valence-electron chi connectivity index (χ4n) is 3.58. The summed E-state index contributed by atoms with van der Waals surface area (Å²) in [6, 6.07) is 2.64. The molecule has 1 heterocycles. The highest BCUT2D eigenvalue weighted by molar-refractivity contribution is 7.14. The molecule has 3 rings (SSSR count). The van der Waals surface area contributed by atoms with Gasteiger partial charge < -0.3 is 4.90 Å². The van der Waals surface area contributed by atoms with Gasteiger partial charge in [0.2, 0.25) is 0 Å². The van der Waals surface area contributed by atoms with Crippen LogP contribution in [0.1, 0.15) is 71.5 Å². The summed E-state index contributed by atoms with van der Waals surface area (Å²) < 4.78 is 0. The topological polar surface area (TPSA) is 20.3 Å². The van der Waals surface area contributed by atoms with Crippen molar-refractivity contribution in [1.82, 2.24) is 4.90 Å². The first kappa shape index (κ1) is 14.1. The lowest BCUT2D eigenvalue weighted by Gasteiger charge is -2.26. The number of amides is 1. The van der Waals surface area contributed by atoms with Gasteiger partial charge in [0.25, 0.3) is 5.91 Å². The Kier molecular flexibility index (Phi) is 4.45. The average molecular weight is 291 g/mol. The molecule has 0 bridgehead atoms. The molecule has 2 aliphatic carbocycles. The van der Waals surface area contributed by atoms with Crippen molar-refractivity contribution in [2.75, 3.05) is 7.05 Å². The van der Waals surface area contributed by atoms with Gasteiger partial charge in [-0.05, 0) is 50.2 Å². The molecule has 0 saturated heterocycles. The second-order valence-corrected chi connectivity index (χ2v) is 7.46.